The van der Waals surface area contributed by atoms with E-state index >= 15 is 0 Å². The van der Waals surface area contributed by atoms with Gasteiger partial charge < -0.3 is 9.30 Å². The number of rotatable bonds is 3. The molecule has 0 amide bonds. The van der Waals surface area contributed by atoms with Crippen molar-refractivity contribution in [2.45, 2.75) is 32.7 Å². The highest BCUT2D eigenvalue weighted by Gasteiger charge is 2.19. The van der Waals surface area contributed by atoms with Crippen LogP contribution in [0.5, 0.6) is 5.75 Å². The highest BCUT2D eigenvalue weighted by molar-refractivity contribution is 9.10. The van der Waals surface area contributed by atoms with Crippen LogP contribution < -0.4 is 4.74 Å². The summed E-state index contributed by atoms with van der Waals surface area (Å²) in [7, 11) is 1.69. The maximum absolute atomic E-state index is 6.34. The lowest BCUT2D eigenvalue weighted by Gasteiger charge is -2.22. The zero-order valence-corrected chi connectivity index (χ0v) is 16.7. The van der Waals surface area contributed by atoms with Crippen molar-refractivity contribution in [1.82, 2.24) is 4.57 Å². The molecule has 0 bridgehead atoms. The predicted molar refractivity (Wildman–Crippen MR) is 105 cm³/mol. The lowest BCUT2D eigenvalue weighted by Crippen LogP contribution is -2.20. The van der Waals surface area contributed by atoms with Crippen LogP contribution in [0, 0.1) is 0 Å². The molecular weight excluding hydrogens is 386 g/mol. The number of ether oxygens (including phenoxy) is 1. The molecule has 0 radical (unpaired) electrons. The summed E-state index contributed by atoms with van der Waals surface area (Å²) in [5.41, 5.74) is 3.71. The Morgan fingerprint density at radius 1 is 1.12 bits per heavy atom. The van der Waals surface area contributed by atoms with E-state index in [1.807, 2.05) is 18.2 Å². The fraction of sp³-hybridized carbons (Fsp3) is 0.300. The summed E-state index contributed by atoms with van der Waals surface area (Å²) in [5, 5.41) is 1.97. The minimum absolute atomic E-state index is 0.00638. The molecule has 3 aromatic rings. The molecule has 0 saturated carbocycles. The average Bonchev–Trinajstić information content (AvgIpc) is 2.87. The fourth-order valence-corrected chi connectivity index (χ4v) is 3.45. The lowest BCUT2D eigenvalue weighted by atomic mass is 10.0. The van der Waals surface area contributed by atoms with Crippen LogP contribution in [0.1, 0.15) is 31.9 Å². The smallest absolute Gasteiger partial charge is 0.118 e. The van der Waals surface area contributed by atoms with E-state index < -0.39 is 0 Å². The third-order valence-electron chi connectivity index (χ3n) is 4.21. The van der Waals surface area contributed by atoms with Gasteiger partial charge in [0, 0.05) is 21.6 Å². The van der Waals surface area contributed by atoms with Crippen LogP contribution in [0.3, 0.4) is 0 Å². The Balaban J connectivity index is 2.11. The van der Waals surface area contributed by atoms with Crippen LogP contribution in [-0.4, -0.2) is 11.7 Å². The van der Waals surface area contributed by atoms with Crippen molar-refractivity contribution < 1.29 is 4.74 Å². The van der Waals surface area contributed by atoms with Gasteiger partial charge in [-0.3, -0.25) is 0 Å². The first-order valence-corrected chi connectivity index (χ1v) is 9.09. The fourth-order valence-electron chi connectivity index (χ4n) is 2.95. The lowest BCUT2D eigenvalue weighted by molar-refractivity contribution is 0.410. The minimum Gasteiger partial charge on any atom is -0.497 e. The first-order valence-electron chi connectivity index (χ1n) is 7.92. The molecule has 0 aliphatic carbocycles. The van der Waals surface area contributed by atoms with Crippen molar-refractivity contribution in [3.63, 3.8) is 0 Å². The van der Waals surface area contributed by atoms with E-state index in [0.29, 0.717) is 0 Å². The van der Waals surface area contributed by atoms with Crippen molar-refractivity contribution in [2.24, 2.45) is 0 Å². The normalized spacial score (nSPS) is 11.9. The molecule has 0 atom stereocenters. The maximum Gasteiger partial charge on any atom is 0.118 e. The number of benzene rings is 2. The number of aromatic nitrogens is 1. The van der Waals surface area contributed by atoms with Gasteiger partial charge in [-0.1, -0.05) is 23.7 Å². The van der Waals surface area contributed by atoms with Crippen molar-refractivity contribution in [1.29, 1.82) is 0 Å². The quantitative estimate of drug-likeness (QED) is 0.490. The highest BCUT2D eigenvalue weighted by Crippen LogP contribution is 2.35. The standard InChI is InChI=1S/C20H21BrClNO/c1-20(2,3)23-12-14(9-13-5-7-15(24-4)8-6-13)16-10-17(21)18(22)11-19(16)23/h5-8,10-12H,9H2,1-4H3. The molecule has 0 fully saturated rings. The molecule has 0 aliphatic heterocycles. The Bertz CT molecular complexity index is 875. The van der Waals surface area contributed by atoms with Gasteiger partial charge in [0.15, 0.2) is 0 Å². The number of nitrogens with zero attached hydrogens (tertiary/aromatic N) is 1. The highest BCUT2D eigenvalue weighted by atomic mass is 79.9. The van der Waals surface area contributed by atoms with Crippen molar-refractivity contribution in [2.75, 3.05) is 7.11 Å². The molecule has 3 rings (SSSR count). The van der Waals surface area contributed by atoms with E-state index in [9.17, 15) is 0 Å². The van der Waals surface area contributed by atoms with E-state index in [0.717, 1.165) is 21.7 Å². The van der Waals surface area contributed by atoms with E-state index in [1.165, 1.54) is 22.0 Å². The number of halogens is 2. The van der Waals surface area contributed by atoms with Crippen molar-refractivity contribution in [3.05, 3.63) is 63.2 Å². The van der Waals surface area contributed by atoms with Crippen LogP contribution in [-0.2, 0) is 12.0 Å². The zero-order chi connectivity index (χ0) is 17.5. The number of methoxy groups -OCH3 is 1. The molecule has 2 aromatic carbocycles. The second-order valence-electron chi connectivity index (χ2n) is 7.00. The van der Waals surface area contributed by atoms with Gasteiger partial charge in [-0.05, 0) is 78.5 Å². The molecule has 1 aromatic heterocycles. The maximum atomic E-state index is 6.34. The molecule has 4 heteroatoms. The summed E-state index contributed by atoms with van der Waals surface area (Å²) >= 11 is 9.90. The van der Waals surface area contributed by atoms with Crippen LogP contribution in [0.25, 0.3) is 10.9 Å². The van der Waals surface area contributed by atoms with Gasteiger partial charge in [0.2, 0.25) is 0 Å². The Morgan fingerprint density at radius 3 is 2.38 bits per heavy atom. The molecular formula is C20H21BrClNO. The average molecular weight is 407 g/mol. The number of fused-ring (bicyclic) bond motifs is 1. The Hall–Kier alpha value is -1.45. The summed E-state index contributed by atoms with van der Waals surface area (Å²) in [6, 6.07) is 12.4. The van der Waals surface area contributed by atoms with Gasteiger partial charge in [0.05, 0.1) is 17.6 Å². The Morgan fingerprint density at radius 2 is 1.79 bits per heavy atom. The molecule has 0 N–H and O–H groups in total. The molecule has 24 heavy (non-hydrogen) atoms. The second-order valence-corrected chi connectivity index (χ2v) is 8.27. The first kappa shape index (κ1) is 17.4. The Labute approximate surface area is 156 Å². The molecule has 2 nitrogen and oxygen atoms in total. The largest absolute Gasteiger partial charge is 0.497 e. The van der Waals surface area contributed by atoms with Gasteiger partial charge in [-0.25, -0.2) is 0 Å². The monoisotopic (exact) mass is 405 g/mol. The molecule has 0 aliphatic rings. The topological polar surface area (TPSA) is 14.2 Å². The van der Waals surface area contributed by atoms with Gasteiger partial charge in [0.25, 0.3) is 0 Å². The van der Waals surface area contributed by atoms with Gasteiger partial charge in [0.1, 0.15) is 5.75 Å². The van der Waals surface area contributed by atoms with E-state index in [4.69, 9.17) is 16.3 Å². The van der Waals surface area contributed by atoms with Crippen LogP contribution in [0.15, 0.2) is 47.1 Å². The Kier molecular flexibility index (Phi) is 4.67. The van der Waals surface area contributed by atoms with Crippen LogP contribution in [0.2, 0.25) is 5.02 Å². The summed E-state index contributed by atoms with van der Waals surface area (Å²) < 4.78 is 8.48. The van der Waals surface area contributed by atoms with Crippen molar-refractivity contribution >= 4 is 38.4 Å². The van der Waals surface area contributed by atoms with Crippen molar-refractivity contribution in [3.8, 4) is 5.75 Å². The van der Waals surface area contributed by atoms with Crippen LogP contribution in [0.4, 0.5) is 0 Å². The molecule has 0 saturated heterocycles. The van der Waals surface area contributed by atoms with Gasteiger partial charge in [-0.2, -0.15) is 0 Å². The molecule has 126 valence electrons. The zero-order valence-electron chi connectivity index (χ0n) is 14.4. The molecule has 1 heterocycles. The molecule has 0 spiro atoms. The van der Waals surface area contributed by atoms with E-state index in [-0.39, 0.29) is 5.54 Å². The first-order chi connectivity index (χ1) is 11.3. The predicted octanol–water partition coefficient (Wildman–Crippen LogP) is 6.41. The number of hydrogen-bond donors (Lipinski definition) is 0. The van der Waals surface area contributed by atoms with Crippen LogP contribution >= 0.6 is 27.5 Å². The molecule has 0 unspecified atom stereocenters. The summed E-state index contributed by atoms with van der Waals surface area (Å²) in [6.45, 7) is 6.62. The van der Waals surface area contributed by atoms with E-state index in [1.54, 1.807) is 7.11 Å². The summed E-state index contributed by atoms with van der Waals surface area (Å²) in [5.74, 6) is 0.880. The summed E-state index contributed by atoms with van der Waals surface area (Å²) in [4.78, 5) is 0. The van der Waals surface area contributed by atoms with Gasteiger partial charge in [-0.15, -0.1) is 0 Å². The summed E-state index contributed by atoms with van der Waals surface area (Å²) in [6.07, 6.45) is 3.12. The second kappa shape index (κ2) is 6.45. The third-order valence-corrected chi connectivity index (χ3v) is 5.40. The third kappa shape index (κ3) is 3.33. The van der Waals surface area contributed by atoms with Gasteiger partial charge >= 0.3 is 0 Å². The number of hydrogen-bond acceptors (Lipinski definition) is 1. The van der Waals surface area contributed by atoms with E-state index in [2.05, 4.69) is 65.7 Å². The SMILES string of the molecule is COc1ccc(Cc2cn(C(C)(C)C)c3cc(Cl)c(Br)cc23)cc1. The minimum atomic E-state index is -0.00638.